The minimum Gasteiger partial charge on any atom is -0.459 e. The number of nitrogens with one attached hydrogen (secondary N) is 1. The van der Waals surface area contributed by atoms with Gasteiger partial charge in [0.2, 0.25) is 0 Å². The Morgan fingerprint density at radius 3 is 2.73 bits per heavy atom. The van der Waals surface area contributed by atoms with Gasteiger partial charge in [-0.2, -0.15) is 17.4 Å². The summed E-state index contributed by atoms with van der Waals surface area (Å²) < 4.78 is 40.0. The molecule has 2 saturated heterocycles. The van der Waals surface area contributed by atoms with Crippen LogP contribution in [0.4, 0.5) is 0 Å². The van der Waals surface area contributed by atoms with E-state index in [1.807, 2.05) is 0 Å². The molecular formula is C17H27N3O5S. The molecule has 0 spiro atoms. The maximum Gasteiger partial charge on any atom is 0.289 e. The number of nitrogens with zero attached hydrogens (tertiary/aromatic N) is 2. The zero-order valence-corrected chi connectivity index (χ0v) is 15.9. The van der Waals surface area contributed by atoms with Crippen molar-refractivity contribution in [3.63, 3.8) is 0 Å². The number of furan rings is 1. The number of carbonyl (C=O) groups is 1. The largest absolute Gasteiger partial charge is 0.459 e. The first-order valence-electron chi connectivity index (χ1n) is 9.08. The molecule has 2 fully saturated rings. The standard InChI is InChI=1S/C17H27N3O5S/c1-24-13-14-6-9-20(10-7-14)26(22,23)18-15-4-2-8-19(12-15)17(21)16-5-3-11-25-16/h3,5,11,14-15,18H,2,4,6-10,12-13H2,1H3. The number of carbonyl (C=O) groups excluding carboxylic acids is 1. The fraction of sp³-hybridized carbons (Fsp3) is 0.706. The van der Waals surface area contributed by atoms with Crippen LogP contribution in [0, 0.1) is 5.92 Å². The average Bonchev–Trinajstić information content (AvgIpc) is 3.16. The van der Waals surface area contributed by atoms with Gasteiger partial charge in [0.15, 0.2) is 5.76 Å². The van der Waals surface area contributed by atoms with Crippen molar-refractivity contribution in [1.29, 1.82) is 0 Å². The molecule has 3 heterocycles. The monoisotopic (exact) mass is 385 g/mol. The lowest BCUT2D eigenvalue weighted by Gasteiger charge is -2.35. The number of piperidine rings is 2. The minimum atomic E-state index is -3.54. The van der Waals surface area contributed by atoms with Gasteiger partial charge in [0.05, 0.1) is 6.26 Å². The van der Waals surface area contributed by atoms with E-state index >= 15 is 0 Å². The van der Waals surface area contributed by atoms with Crippen molar-refractivity contribution >= 4 is 16.1 Å². The van der Waals surface area contributed by atoms with Crippen LogP contribution in [0.1, 0.15) is 36.2 Å². The van der Waals surface area contributed by atoms with Gasteiger partial charge in [-0.15, -0.1) is 0 Å². The Kier molecular flexibility index (Phi) is 6.33. The molecule has 3 rings (SSSR count). The molecule has 1 amide bonds. The second kappa shape index (κ2) is 8.51. The molecule has 2 aliphatic heterocycles. The second-order valence-corrected chi connectivity index (χ2v) is 8.69. The molecule has 26 heavy (non-hydrogen) atoms. The molecule has 0 bridgehead atoms. The Labute approximate surface area is 154 Å². The first-order valence-corrected chi connectivity index (χ1v) is 10.5. The van der Waals surface area contributed by atoms with Crippen LogP contribution in [0.2, 0.25) is 0 Å². The maximum atomic E-state index is 12.7. The van der Waals surface area contributed by atoms with Crippen LogP contribution < -0.4 is 4.72 Å². The van der Waals surface area contributed by atoms with Gasteiger partial charge in [0, 0.05) is 45.9 Å². The van der Waals surface area contributed by atoms with E-state index in [-0.39, 0.29) is 17.7 Å². The van der Waals surface area contributed by atoms with Crippen LogP contribution in [-0.2, 0) is 14.9 Å². The summed E-state index contributed by atoms with van der Waals surface area (Å²) in [5, 5.41) is 0. The molecule has 2 aliphatic rings. The summed E-state index contributed by atoms with van der Waals surface area (Å²) >= 11 is 0. The first-order chi connectivity index (χ1) is 12.5. The van der Waals surface area contributed by atoms with Gasteiger partial charge in [-0.1, -0.05) is 0 Å². The fourth-order valence-corrected chi connectivity index (χ4v) is 5.11. The third kappa shape index (κ3) is 4.64. The Bertz CT molecular complexity index is 683. The third-order valence-corrected chi connectivity index (χ3v) is 6.75. The van der Waals surface area contributed by atoms with Crippen LogP contribution >= 0.6 is 0 Å². The Morgan fingerprint density at radius 2 is 2.08 bits per heavy atom. The van der Waals surface area contributed by atoms with Gasteiger partial charge < -0.3 is 14.1 Å². The second-order valence-electron chi connectivity index (χ2n) is 6.99. The Balaban J connectivity index is 1.55. The van der Waals surface area contributed by atoms with Gasteiger partial charge in [-0.25, -0.2) is 0 Å². The molecule has 1 unspecified atom stereocenters. The topological polar surface area (TPSA) is 92.1 Å². The van der Waals surface area contributed by atoms with Crippen molar-refractivity contribution in [2.24, 2.45) is 5.92 Å². The molecular weight excluding hydrogens is 358 g/mol. The molecule has 1 aromatic rings. The van der Waals surface area contributed by atoms with Gasteiger partial charge in [0.25, 0.3) is 16.1 Å². The lowest BCUT2D eigenvalue weighted by Crippen LogP contribution is -2.54. The van der Waals surface area contributed by atoms with Crippen LogP contribution in [-0.4, -0.2) is 69.5 Å². The van der Waals surface area contributed by atoms with E-state index in [9.17, 15) is 13.2 Å². The number of amides is 1. The number of hydrogen-bond acceptors (Lipinski definition) is 5. The van der Waals surface area contributed by atoms with Crippen molar-refractivity contribution in [1.82, 2.24) is 13.9 Å². The van der Waals surface area contributed by atoms with Gasteiger partial charge >= 0.3 is 0 Å². The van der Waals surface area contributed by atoms with Crippen molar-refractivity contribution in [3.8, 4) is 0 Å². The summed E-state index contributed by atoms with van der Waals surface area (Å²) in [4.78, 5) is 14.1. The van der Waals surface area contributed by atoms with E-state index in [4.69, 9.17) is 9.15 Å². The fourth-order valence-electron chi connectivity index (χ4n) is 3.65. The van der Waals surface area contributed by atoms with E-state index in [0.29, 0.717) is 38.7 Å². The van der Waals surface area contributed by atoms with Crippen LogP contribution in [0.3, 0.4) is 0 Å². The normalized spacial score (nSPS) is 23.3. The summed E-state index contributed by atoms with van der Waals surface area (Å²) in [5.41, 5.74) is 0. The summed E-state index contributed by atoms with van der Waals surface area (Å²) in [5.74, 6) is 0.510. The van der Waals surface area contributed by atoms with E-state index < -0.39 is 10.2 Å². The van der Waals surface area contributed by atoms with E-state index in [0.717, 1.165) is 25.7 Å². The summed E-state index contributed by atoms with van der Waals surface area (Å²) in [6.07, 6.45) is 4.56. The highest BCUT2D eigenvalue weighted by Crippen LogP contribution is 2.21. The van der Waals surface area contributed by atoms with Crippen molar-refractivity contribution in [3.05, 3.63) is 24.2 Å². The zero-order valence-electron chi connectivity index (χ0n) is 15.1. The van der Waals surface area contributed by atoms with E-state index in [2.05, 4.69) is 4.72 Å². The smallest absolute Gasteiger partial charge is 0.289 e. The van der Waals surface area contributed by atoms with Crippen LogP contribution in [0.5, 0.6) is 0 Å². The highest BCUT2D eigenvalue weighted by molar-refractivity contribution is 7.87. The number of methoxy groups -OCH3 is 1. The number of ether oxygens (including phenoxy) is 1. The quantitative estimate of drug-likeness (QED) is 0.791. The molecule has 1 atom stereocenters. The molecule has 0 radical (unpaired) electrons. The van der Waals surface area contributed by atoms with Gasteiger partial charge in [-0.05, 0) is 43.7 Å². The first kappa shape index (κ1) is 19.3. The number of rotatable bonds is 6. The zero-order chi connectivity index (χ0) is 18.6. The summed E-state index contributed by atoms with van der Waals surface area (Å²) in [7, 11) is -1.87. The molecule has 0 aromatic carbocycles. The predicted molar refractivity (Wildman–Crippen MR) is 95.9 cm³/mol. The van der Waals surface area contributed by atoms with Crippen molar-refractivity contribution in [2.75, 3.05) is 39.9 Å². The highest BCUT2D eigenvalue weighted by atomic mass is 32.2. The third-order valence-electron chi connectivity index (χ3n) is 5.07. The maximum absolute atomic E-state index is 12.7. The summed E-state index contributed by atoms with van der Waals surface area (Å²) in [6, 6.07) is 3.02. The average molecular weight is 385 g/mol. The Morgan fingerprint density at radius 1 is 1.31 bits per heavy atom. The predicted octanol–water partition coefficient (Wildman–Crippen LogP) is 1.08. The lowest BCUT2D eigenvalue weighted by atomic mass is 9.99. The van der Waals surface area contributed by atoms with Crippen LogP contribution in [0.25, 0.3) is 0 Å². The molecule has 9 heteroatoms. The van der Waals surface area contributed by atoms with Gasteiger partial charge in [0.1, 0.15) is 0 Å². The molecule has 1 N–H and O–H groups in total. The highest BCUT2D eigenvalue weighted by Gasteiger charge is 2.32. The molecule has 146 valence electrons. The van der Waals surface area contributed by atoms with Crippen molar-refractivity contribution in [2.45, 2.75) is 31.7 Å². The molecule has 1 aromatic heterocycles. The van der Waals surface area contributed by atoms with E-state index in [1.165, 1.54) is 10.6 Å². The number of likely N-dealkylation sites (tertiary alicyclic amines) is 1. The lowest BCUT2D eigenvalue weighted by molar-refractivity contribution is 0.0669. The van der Waals surface area contributed by atoms with Gasteiger partial charge in [-0.3, -0.25) is 4.79 Å². The minimum absolute atomic E-state index is 0.195. The van der Waals surface area contributed by atoms with E-state index in [1.54, 1.807) is 24.1 Å². The Hall–Kier alpha value is -1.42. The number of hydrogen-bond donors (Lipinski definition) is 1. The summed E-state index contributed by atoms with van der Waals surface area (Å²) in [6.45, 7) is 2.66. The van der Waals surface area contributed by atoms with Crippen LogP contribution in [0.15, 0.2) is 22.8 Å². The molecule has 0 aliphatic carbocycles. The van der Waals surface area contributed by atoms with Crippen molar-refractivity contribution < 1.29 is 22.4 Å². The molecule has 0 saturated carbocycles. The molecule has 8 nitrogen and oxygen atoms in total. The SMILES string of the molecule is COCC1CCN(S(=O)(=O)NC2CCCN(C(=O)c3ccco3)C2)CC1.